The molecular formula is C20H25N5O3. The van der Waals surface area contributed by atoms with E-state index in [9.17, 15) is 9.59 Å². The predicted octanol–water partition coefficient (Wildman–Crippen LogP) is 2.31. The van der Waals surface area contributed by atoms with Crippen molar-refractivity contribution in [1.29, 1.82) is 0 Å². The number of tetrazole rings is 1. The van der Waals surface area contributed by atoms with Crippen LogP contribution < -0.4 is 0 Å². The monoisotopic (exact) mass is 383 g/mol. The molecule has 1 amide bonds. The third kappa shape index (κ3) is 4.62. The number of ether oxygens (including phenoxy) is 1. The Bertz CT molecular complexity index is 847. The summed E-state index contributed by atoms with van der Waals surface area (Å²) in [5.74, 6) is -0.349. The van der Waals surface area contributed by atoms with Gasteiger partial charge in [-0.3, -0.25) is 4.79 Å². The normalized spacial score (nSPS) is 17.4. The molecule has 1 aromatic heterocycles. The molecule has 0 saturated carbocycles. The van der Waals surface area contributed by atoms with Crippen molar-refractivity contribution in [2.24, 2.45) is 0 Å². The van der Waals surface area contributed by atoms with Crippen LogP contribution in [-0.2, 0) is 14.3 Å². The third-order valence-corrected chi connectivity index (χ3v) is 4.91. The first-order valence-electron chi connectivity index (χ1n) is 9.59. The highest BCUT2D eigenvalue weighted by Crippen LogP contribution is 2.20. The van der Waals surface area contributed by atoms with Gasteiger partial charge in [-0.15, -0.1) is 5.10 Å². The number of aromatic nitrogens is 4. The van der Waals surface area contributed by atoms with E-state index in [0.29, 0.717) is 12.4 Å². The van der Waals surface area contributed by atoms with E-state index in [-0.39, 0.29) is 24.3 Å². The molecule has 1 fully saturated rings. The van der Waals surface area contributed by atoms with Crippen LogP contribution in [0.3, 0.4) is 0 Å². The van der Waals surface area contributed by atoms with Crippen LogP contribution in [0.4, 0.5) is 0 Å². The number of likely N-dealkylation sites (tertiary alicyclic amines) is 1. The summed E-state index contributed by atoms with van der Waals surface area (Å²) >= 11 is 0. The summed E-state index contributed by atoms with van der Waals surface area (Å²) in [7, 11) is 0. The number of benzene rings is 1. The Balaban J connectivity index is 1.74. The summed E-state index contributed by atoms with van der Waals surface area (Å²) in [5, 5.41) is 11.3. The second kappa shape index (κ2) is 9.25. The molecule has 0 spiro atoms. The fourth-order valence-electron chi connectivity index (χ4n) is 3.41. The molecule has 2 aromatic rings. The number of rotatable bonds is 6. The molecule has 0 radical (unpaired) electrons. The number of amides is 1. The number of esters is 1. The van der Waals surface area contributed by atoms with Crippen molar-refractivity contribution in [1.82, 2.24) is 25.1 Å². The minimum atomic E-state index is -0.641. The van der Waals surface area contributed by atoms with Gasteiger partial charge in [-0.25, -0.2) is 4.79 Å². The molecule has 0 aliphatic carbocycles. The topological polar surface area (TPSA) is 90.2 Å². The van der Waals surface area contributed by atoms with E-state index >= 15 is 0 Å². The van der Waals surface area contributed by atoms with Crippen LogP contribution in [0.5, 0.6) is 0 Å². The summed E-state index contributed by atoms with van der Waals surface area (Å²) in [6, 6.07) is 9.56. The molecule has 8 heteroatoms. The Morgan fingerprint density at radius 3 is 2.71 bits per heavy atom. The van der Waals surface area contributed by atoms with Gasteiger partial charge in [0.05, 0.1) is 0 Å². The fraction of sp³-hybridized carbons (Fsp3) is 0.450. The van der Waals surface area contributed by atoms with Gasteiger partial charge in [0.15, 0.2) is 18.1 Å². The Morgan fingerprint density at radius 1 is 1.25 bits per heavy atom. The molecule has 2 heterocycles. The maximum atomic E-state index is 12.8. The molecule has 1 aromatic carbocycles. The molecule has 28 heavy (non-hydrogen) atoms. The third-order valence-electron chi connectivity index (χ3n) is 4.91. The maximum absolute atomic E-state index is 12.8. The van der Waals surface area contributed by atoms with Crippen molar-refractivity contribution in [3.05, 3.63) is 41.7 Å². The summed E-state index contributed by atoms with van der Waals surface area (Å²) in [4.78, 5) is 27.2. The summed E-state index contributed by atoms with van der Waals surface area (Å²) in [6.45, 7) is 4.19. The van der Waals surface area contributed by atoms with Crippen LogP contribution in [0.1, 0.15) is 44.0 Å². The zero-order chi connectivity index (χ0) is 19.9. The van der Waals surface area contributed by atoms with Crippen LogP contribution in [0, 0.1) is 6.92 Å². The van der Waals surface area contributed by atoms with Crippen LogP contribution in [-0.4, -0.2) is 56.2 Å². The van der Waals surface area contributed by atoms with Crippen molar-refractivity contribution in [2.45, 2.75) is 45.6 Å². The molecule has 3 rings (SSSR count). The molecule has 1 atom stereocenters. The van der Waals surface area contributed by atoms with Gasteiger partial charge < -0.3 is 9.64 Å². The van der Waals surface area contributed by atoms with E-state index in [0.717, 1.165) is 31.2 Å². The highest BCUT2D eigenvalue weighted by Gasteiger charge is 2.27. The van der Waals surface area contributed by atoms with E-state index in [1.807, 2.05) is 35.2 Å². The number of aryl methyl sites for hydroxylation is 1. The predicted molar refractivity (Wildman–Crippen MR) is 104 cm³/mol. The van der Waals surface area contributed by atoms with E-state index < -0.39 is 5.97 Å². The first-order valence-corrected chi connectivity index (χ1v) is 9.59. The van der Waals surface area contributed by atoms with Crippen LogP contribution in [0.15, 0.2) is 30.3 Å². The minimum Gasteiger partial charge on any atom is -0.451 e. The number of nitrogens with zero attached hydrogens (tertiary/aromatic N) is 5. The van der Waals surface area contributed by atoms with Gasteiger partial charge in [0.1, 0.15) is 0 Å². The molecule has 0 bridgehead atoms. The molecule has 8 nitrogen and oxygen atoms in total. The SMILES string of the molecule is CCC1CCCCN1C(=O)COC(=O)/C(=C/c1ccccc1)n1nnnc1C. The number of carbonyl (C=O) groups excluding carboxylic acids is 2. The van der Waals surface area contributed by atoms with Gasteiger partial charge in [0.2, 0.25) is 0 Å². The van der Waals surface area contributed by atoms with E-state index in [1.165, 1.54) is 4.68 Å². The van der Waals surface area contributed by atoms with Gasteiger partial charge in [0, 0.05) is 12.6 Å². The highest BCUT2D eigenvalue weighted by molar-refractivity contribution is 6.15. The smallest absolute Gasteiger partial charge is 0.357 e. The number of hydrogen-bond donors (Lipinski definition) is 0. The fourth-order valence-corrected chi connectivity index (χ4v) is 3.41. The molecule has 1 unspecified atom stereocenters. The first kappa shape index (κ1) is 19.7. The van der Waals surface area contributed by atoms with E-state index in [2.05, 4.69) is 22.4 Å². The quantitative estimate of drug-likeness (QED) is 0.562. The molecule has 1 saturated heterocycles. The lowest BCUT2D eigenvalue weighted by Crippen LogP contribution is -2.45. The number of carbonyl (C=O) groups is 2. The lowest BCUT2D eigenvalue weighted by Gasteiger charge is -2.35. The minimum absolute atomic E-state index is 0.159. The second-order valence-corrected chi connectivity index (χ2v) is 6.80. The Labute approximate surface area is 164 Å². The average molecular weight is 383 g/mol. The zero-order valence-corrected chi connectivity index (χ0v) is 16.2. The lowest BCUT2D eigenvalue weighted by molar-refractivity contribution is -0.149. The van der Waals surface area contributed by atoms with Crippen LogP contribution in [0.25, 0.3) is 11.8 Å². The van der Waals surface area contributed by atoms with Gasteiger partial charge >= 0.3 is 5.97 Å². The molecule has 148 valence electrons. The lowest BCUT2D eigenvalue weighted by atomic mass is 10.00. The summed E-state index contributed by atoms with van der Waals surface area (Å²) in [6.07, 6.45) is 5.66. The number of hydrogen-bond acceptors (Lipinski definition) is 6. The Hall–Kier alpha value is -3.03. The van der Waals surface area contributed by atoms with Gasteiger partial charge in [-0.2, -0.15) is 4.68 Å². The van der Waals surface area contributed by atoms with E-state index in [4.69, 9.17) is 4.74 Å². The summed E-state index contributed by atoms with van der Waals surface area (Å²) in [5.41, 5.74) is 0.963. The van der Waals surface area contributed by atoms with Crippen molar-refractivity contribution in [3.63, 3.8) is 0 Å². The average Bonchev–Trinajstić information content (AvgIpc) is 3.16. The van der Waals surface area contributed by atoms with Crippen LogP contribution in [0.2, 0.25) is 0 Å². The van der Waals surface area contributed by atoms with Gasteiger partial charge in [-0.1, -0.05) is 37.3 Å². The maximum Gasteiger partial charge on any atom is 0.357 e. The van der Waals surface area contributed by atoms with Gasteiger partial charge in [-0.05, 0) is 54.7 Å². The molecule has 1 aliphatic rings. The van der Waals surface area contributed by atoms with Crippen molar-refractivity contribution in [2.75, 3.05) is 13.2 Å². The van der Waals surface area contributed by atoms with Crippen molar-refractivity contribution >= 4 is 23.6 Å². The Kier molecular flexibility index (Phi) is 6.52. The molecule has 0 N–H and O–H groups in total. The number of piperidine rings is 1. The molecule has 1 aliphatic heterocycles. The van der Waals surface area contributed by atoms with Gasteiger partial charge in [0.25, 0.3) is 5.91 Å². The molecular weight excluding hydrogens is 358 g/mol. The first-order chi connectivity index (χ1) is 13.6. The zero-order valence-electron chi connectivity index (χ0n) is 16.2. The summed E-state index contributed by atoms with van der Waals surface area (Å²) < 4.78 is 6.66. The highest BCUT2D eigenvalue weighted by atomic mass is 16.5. The van der Waals surface area contributed by atoms with E-state index in [1.54, 1.807) is 13.0 Å². The Morgan fingerprint density at radius 2 is 2.04 bits per heavy atom. The van der Waals surface area contributed by atoms with Crippen LogP contribution >= 0.6 is 0 Å². The largest absolute Gasteiger partial charge is 0.451 e. The second-order valence-electron chi connectivity index (χ2n) is 6.80. The van der Waals surface area contributed by atoms with Crippen molar-refractivity contribution < 1.29 is 14.3 Å². The standard InChI is InChI=1S/C20H25N5O3/c1-3-17-11-7-8-12-24(17)19(26)14-28-20(27)18(25-15(2)21-22-23-25)13-16-9-5-4-6-10-16/h4-6,9-10,13,17H,3,7-8,11-12,14H2,1-2H3/b18-13-. The van der Waals surface area contributed by atoms with Crippen molar-refractivity contribution in [3.8, 4) is 0 Å².